The lowest BCUT2D eigenvalue weighted by atomic mass is 10.0. The molecule has 0 spiro atoms. The van der Waals surface area contributed by atoms with E-state index in [4.69, 9.17) is 35.6 Å². The molecular weight excluding hydrogens is 553 g/mol. The average molecular weight is 592 g/mol. The molecule has 0 amide bonds. The number of rotatable bonds is 5. The van der Waals surface area contributed by atoms with Crippen LogP contribution in [0.3, 0.4) is 0 Å². The summed E-state index contributed by atoms with van der Waals surface area (Å²) in [5.41, 5.74) is 3.22. The molecule has 4 heterocycles. The van der Waals surface area contributed by atoms with Crippen LogP contribution in [0.15, 0.2) is 52.6 Å². The molecule has 2 fully saturated rings. The van der Waals surface area contributed by atoms with Crippen molar-refractivity contribution < 1.29 is 23.5 Å². The second kappa shape index (κ2) is 18.1. The molecule has 0 radical (unpaired) electrons. The van der Waals surface area contributed by atoms with E-state index in [0.29, 0.717) is 23.9 Å². The summed E-state index contributed by atoms with van der Waals surface area (Å²) in [4.78, 5) is 24.3. The van der Waals surface area contributed by atoms with E-state index in [9.17, 15) is 4.79 Å². The average Bonchev–Trinajstić information content (AvgIpc) is 3.14. The lowest BCUT2D eigenvalue weighted by Crippen LogP contribution is -2.31. The van der Waals surface area contributed by atoms with Gasteiger partial charge in [-0.25, -0.2) is 9.66 Å². The number of carbonyl (C=O) groups excluding carboxylic acids is 1. The molecule has 0 bridgehead atoms. The van der Waals surface area contributed by atoms with Crippen molar-refractivity contribution in [1.82, 2.24) is 15.0 Å². The van der Waals surface area contributed by atoms with Crippen LogP contribution in [-0.4, -0.2) is 92.5 Å². The van der Waals surface area contributed by atoms with Gasteiger partial charge in [-0.2, -0.15) is 0 Å². The van der Waals surface area contributed by atoms with Gasteiger partial charge in [-0.05, 0) is 44.2 Å². The Morgan fingerprint density at radius 1 is 1.12 bits per heavy atom. The second-order valence-electron chi connectivity index (χ2n) is 8.79. The molecule has 218 valence electrons. The summed E-state index contributed by atoms with van der Waals surface area (Å²) >= 11 is 6.25. The first-order valence-electron chi connectivity index (χ1n) is 13.6. The normalized spacial score (nSPS) is 19.1. The minimum absolute atomic E-state index is 0.123. The van der Waals surface area contributed by atoms with Crippen LogP contribution in [0, 0.1) is 0 Å². The quantitative estimate of drug-likeness (QED) is 0.402. The van der Waals surface area contributed by atoms with E-state index in [1.165, 1.54) is 0 Å². The van der Waals surface area contributed by atoms with Crippen LogP contribution in [0.4, 0.5) is 5.69 Å². The number of halogens is 1. The van der Waals surface area contributed by atoms with E-state index in [2.05, 4.69) is 19.7 Å². The monoisotopic (exact) mass is 591 g/mol. The van der Waals surface area contributed by atoms with Gasteiger partial charge in [0.05, 0.1) is 50.1 Å². The lowest BCUT2D eigenvalue weighted by Gasteiger charge is -2.26. The van der Waals surface area contributed by atoms with E-state index < -0.39 is 0 Å². The number of aromatic nitrogens is 1. The third kappa shape index (κ3) is 10.8. The first-order chi connectivity index (χ1) is 19.5. The molecule has 12 heteroatoms. The molecule has 0 saturated carbocycles. The van der Waals surface area contributed by atoms with Gasteiger partial charge >= 0.3 is 5.97 Å². The fourth-order valence-corrected chi connectivity index (χ4v) is 4.66. The number of nitrogens with one attached hydrogen (secondary N) is 1. The number of nitrogens with zero attached hydrogens (tertiary/aromatic N) is 4. The van der Waals surface area contributed by atoms with Gasteiger partial charge in [0.15, 0.2) is 8.96 Å². The highest BCUT2D eigenvalue weighted by atomic mass is 35.5. The number of esters is 1. The van der Waals surface area contributed by atoms with Crippen LogP contribution in [0.2, 0.25) is 5.02 Å². The Hall–Kier alpha value is -2.46. The number of carbonyl (C=O) groups is 1. The van der Waals surface area contributed by atoms with Gasteiger partial charge in [-0.15, -0.1) is 0 Å². The maximum absolute atomic E-state index is 10.2. The molecule has 1 N–H and O–H groups in total. The van der Waals surface area contributed by atoms with Gasteiger partial charge in [-0.3, -0.25) is 14.8 Å². The molecule has 3 aliphatic heterocycles. The minimum atomic E-state index is -0.221. The Kier molecular flexibility index (Phi) is 14.5. The summed E-state index contributed by atoms with van der Waals surface area (Å²) in [7, 11) is 0.200. The van der Waals surface area contributed by atoms with Crippen molar-refractivity contribution in [3.63, 3.8) is 0 Å². The topological polar surface area (TPSA) is 107 Å². The molecule has 3 aliphatic rings. The summed E-state index contributed by atoms with van der Waals surface area (Å²) in [6.07, 6.45) is 2.24. The highest BCUT2D eigenvalue weighted by Crippen LogP contribution is 2.31. The Bertz CT molecular complexity index is 1100. The molecule has 10 nitrogen and oxygen atoms in total. The number of hydrogen-bond donors (Lipinski definition) is 1. The standard InChI is InChI=1S/C19H20ClN4O2P.C5H10O2.C4H9NO/c1-13-19(26-27-24-8-10-25-11-9-24)23-16-6-5-14(20)12-15(16)18(22-13)17-4-2-3-7-21-17;1-3-5(6)7-4-2;1-3-6-4-2-5-1/h2-7,12-13,27H,8-11H2,1H3;3-4H2,1-2H3;5H,1-4H2/t13-;;/m0../s1. The van der Waals surface area contributed by atoms with Crippen molar-refractivity contribution in [2.24, 2.45) is 9.98 Å². The third-order valence-electron chi connectivity index (χ3n) is 5.76. The molecule has 40 heavy (non-hydrogen) atoms. The predicted octanol–water partition coefficient (Wildman–Crippen LogP) is 4.43. The van der Waals surface area contributed by atoms with E-state index in [1.807, 2.05) is 43.3 Å². The number of ether oxygens (including phenoxy) is 3. The summed E-state index contributed by atoms with van der Waals surface area (Å²) in [6.45, 7) is 13.1. The predicted molar refractivity (Wildman–Crippen MR) is 160 cm³/mol. The van der Waals surface area contributed by atoms with E-state index in [1.54, 1.807) is 20.0 Å². The first-order valence-corrected chi connectivity index (χ1v) is 14.8. The first kappa shape index (κ1) is 32.1. The Balaban J connectivity index is 0.000000280. The molecule has 2 atom stereocenters. The van der Waals surface area contributed by atoms with Crippen molar-refractivity contribution in [3.05, 3.63) is 58.9 Å². The third-order valence-corrected chi connectivity index (χ3v) is 7.00. The highest BCUT2D eigenvalue weighted by molar-refractivity contribution is 7.30. The highest BCUT2D eigenvalue weighted by Gasteiger charge is 2.23. The van der Waals surface area contributed by atoms with E-state index in [0.717, 1.165) is 75.3 Å². The fourth-order valence-electron chi connectivity index (χ4n) is 3.69. The van der Waals surface area contributed by atoms with Crippen molar-refractivity contribution in [2.75, 3.05) is 59.2 Å². The van der Waals surface area contributed by atoms with Gasteiger partial charge in [0, 0.05) is 49.4 Å². The smallest absolute Gasteiger partial charge is 0.305 e. The summed E-state index contributed by atoms with van der Waals surface area (Å²) in [5, 5.41) is 3.80. The summed E-state index contributed by atoms with van der Waals surface area (Å²) < 4.78 is 23.3. The van der Waals surface area contributed by atoms with Gasteiger partial charge in [0.2, 0.25) is 5.90 Å². The zero-order chi connectivity index (χ0) is 28.6. The Labute approximate surface area is 243 Å². The number of benzene rings is 1. The van der Waals surface area contributed by atoms with Gasteiger partial charge in [0.25, 0.3) is 0 Å². The second-order valence-corrected chi connectivity index (χ2v) is 10.2. The van der Waals surface area contributed by atoms with E-state index >= 15 is 0 Å². The molecule has 0 aliphatic carbocycles. The SMILES string of the molecule is C1COCCN1.CCOC(=O)CC.C[C@@H]1N=C(c2ccccn2)c2cc(Cl)ccc2N=C1OPN1CCOCC1. The van der Waals surface area contributed by atoms with Gasteiger partial charge in [0.1, 0.15) is 6.04 Å². The molecule has 1 aromatic carbocycles. The largest absolute Gasteiger partial charge is 0.466 e. The molecule has 2 saturated heterocycles. The Morgan fingerprint density at radius 3 is 2.45 bits per heavy atom. The number of morpholine rings is 2. The zero-order valence-electron chi connectivity index (χ0n) is 23.4. The van der Waals surface area contributed by atoms with Crippen LogP contribution >= 0.6 is 20.6 Å². The molecule has 1 unspecified atom stereocenters. The van der Waals surface area contributed by atoms with Gasteiger partial charge < -0.3 is 24.1 Å². The molecular formula is C28H39ClN5O5P. The fraction of sp³-hybridized carbons (Fsp3) is 0.500. The summed E-state index contributed by atoms with van der Waals surface area (Å²) in [5.74, 6) is 0.483. The number of aliphatic imine (C=N–C) groups is 2. The van der Waals surface area contributed by atoms with Crippen molar-refractivity contribution >= 4 is 43.8 Å². The number of pyridine rings is 1. The molecule has 5 rings (SSSR count). The molecule has 1 aromatic heterocycles. The summed E-state index contributed by atoms with van der Waals surface area (Å²) in [6, 6.07) is 11.2. The van der Waals surface area contributed by atoms with Crippen LogP contribution in [0.5, 0.6) is 0 Å². The van der Waals surface area contributed by atoms with E-state index in [-0.39, 0.29) is 21.0 Å². The van der Waals surface area contributed by atoms with Crippen LogP contribution in [-0.2, 0) is 23.5 Å². The van der Waals surface area contributed by atoms with Crippen molar-refractivity contribution in [2.45, 2.75) is 33.2 Å². The maximum atomic E-state index is 10.2. The van der Waals surface area contributed by atoms with Crippen LogP contribution in [0.1, 0.15) is 38.4 Å². The van der Waals surface area contributed by atoms with Gasteiger partial charge in [-0.1, -0.05) is 24.6 Å². The van der Waals surface area contributed by atoms with Crippen LogP contribution < -0.4 is 5.32 Å². The minimum Gasteiger partial charge on any atom is -0.466 e. The van der Waals surface area contributed by atoms with Crippen molar-refractivity contribution in [1.29, 1.82) is 0 Å². The number of hydrogen-bond acceptors (Lipinski definition) is 10. The lowest BCUT2D eigenvalue weighted by molar-refractivity contribution is -0.142. The Morgan fingerprint density at radius 2 is 1.88 bits per heavy atom. The zero-order valence-corrected chi connectivity index (χ0v) is 25.2. The van der Waals surface area contributed by atoms with Crippen LogP contribution in [0.25, 0.3) is 0 Å². The van der Waals surface area contributed by atoms with Crippen molar-refractivity contribution in [3.8, 4) is 0 Å². The molecule has 2 aromatic rings. The number of fused-ring (bicyclic) bond motifs is 1. The maximum Gasteiger partial charge on any atom is 0.305 e.